The second-order valence-electron chi connectivity index (χ2n) is 10.8. The molecule has 0 saturated heterocycles. The van der Waals surface area contributed by atoms with E-state index in [1.54, 1.807) is 0 Å². The third kappa shape index (κ3) is 3.91. The van der Waals surface area contributed by atoms with E-state index in [0.717, 1.165) is 42.6 Å². The molecule has 6 heteroatoms. The van der Waals surface area contributed by atoms with Crippen molar-refractivity contribution in [3.63, 3.8) is 0 Å². The average molecular weight is 466 g/mol. The van der Waals surface area contributed by atoms with Crippen LogP contribution in [0.5, 0.6) is 5.75 Å². The summed E-state index contributed by atoms with van der Waals surface area (Å²) >= 11 is 0. The van der Waals surface area contributed by atoms with Crippen LogP contribution in [0, 0.1) is 17.8 Å². The first kappa shape index (κ1) is 23.0. The Kier molecular flexibility index (Phi) is 5.95. The van der Waals surface area contributed by atoms with E-state index in [1.165, 1.54) is 33.5 Å². The molecule has 6 rings (SSSR count). The molecule has 0 atom stereocenters. The second-order valence-corrected chi connectivity index (χ2v) is 10.8. The number of hydrogen-bond acceptors (Lipinski definition) is 6. The molecule has 34 heavy (non-hydrogen) atoms. The van der Waals surface area contributed by atoms with Gasteiger partial charge in [-0.3, -0.25) is 0 Å². The zero-order chi connectivity index (χ0) is 24.0. The summed E-state index contributed by atoms with van der Waals surface area (Å²) < 4.78 is 16.6. The summed E-state index contributed by atoms with van der Waals surface area (Å²) in [7, 11) is 2.78. The molecule has 4 saturated carbocycles. The van der Waals surface area contributed by atoms with E-state index < -0.39 is 17.9 Å². The molecule has 0 unspecified atom stereocenters. The number of methoxy groups -OCH3 is 2. The molecule has 1 aliphatic heterocycles. The molecule has 182 valence electrons. The number of carbonyl (C=O) groups excluding carboxylic acids is 2. The molecule has 1 heterocycles. The van der Waals surface area contributed by atoms with Gasteiger partial charge < -0.3 is 19.1 Å². The molecule has 1 aromatic rings. The fourth-order valence-electron chi connectivity index (χ4n) is 7.30. The zero-order valence-electron chi connectivity index (χ0n) is 20.6. The van der Waals surface area contributed by atoms with E-state index in [9.17, 15) is 9.59 Å². The van der Waals surface area contributed by atoms with Gasteiger partial charge in [0.25, 0.3) is 0 Å². The van der Waals surface area contributed by atoms with Gasteiger partial charge in [-0.1, -0.05) is 18.2 Å². The van der Waals surface area contributed by atoms with Crippen LogP contribution in [0.25, 0.3) is 0 Å². The molecule has 0 N–H and O–H groups in total. The molecule has 0 radical (unpaired) electrons. The Hall–Kier alpha value is -2.76. The summed E-state index contributed by atoms with van der Waals surface area (Å²) in [6.07, 6.45) is 11.1. The third-order valence-corrected chi connectivity index (χ3v) is 8.17. The minimum absolute atomic E-state index is 0.0494. The Morgan fingerprint density at radius 3 is 1.85 bits per heavy atom. The summed E-state index contributed by atoms with van der Waals surface area (Å²) in [6.45, 7) is 3.92. The molecule has 0 spiro atoms. The third-order valence-electron chi connectivity index (χ3n) is 8.17. The first-order valence-electron chi connectivity index (χ1n) is 12.5. The monoisotopic (exact) mass is 465 g/mol. The van der Waals surface area contributed by atoms with Gasteiger partial charge in [-0.05, 0) is 76.2 Å². The predicted octanol–water partition coefficient (Wildman–Crippen LogP) is 4.96. The lowest BCUT2D eigenvalue weighted by Crippen LogP contribution is -2.57. The van der Waals surface area contributed by atoms with Crippen LogP contribution in [0.4, 0.5) is 0 Å². The molecule has 6 nitrogen and oxygen atoms in total. The quantitative estimate of drug-likeness (QED) is 0.554. The number of rotatable bonds is 6. The Labute approximate surface area is 201 Å². The highest BCUT2D eigenvalue weighted by Gasteiger charge is 2.54. The lowest BCUT2D eigenvalue weighted by molar-refractivity contribution is -0.137. The maximum absolute atomic E-state index is 13.2. The minimum Gasteiger partial charge on any atom is -0.491 e. The summed E-state index contributed by atoms with van der Waals surface area (Å²) in [5.41, 5.74) is 1.60. The number of para-hydroxylation sites is 1. The van der Waals surface area contributed by atoms with Gasteiger partial charge in [-0.2, -0.15) is 0 Å². The molecular weight excluding hydrogens is 430 g/mol. The van der Waals surface area contributed by atoms with Crippen LogP contribution in [0.2, 0.25) is 0 Å². The molecule has 4 bridgehead atoms. The van der Waals surface area contributed by atoms with Gasteiger partial charge in [-0.15, -0.1) is 0 Å². The molecule has 5 aliphatic rings. The van der Waals surface area contributed by atoms with Crippen LogP contribution in [0.3, 0.4) is 0 Å². The van der Waals surface area contributed by atoms with Crippen LogP contribution < -0.4 is 4.74 Å². The number of nitrogens with zero attached hydrogens (tertiary/aromatic N) is 1. The SMILES string of the molecule is COC(=O)C1=CN(C23CC4CC(CC(C4)C2)C3)C=C(C(=O)OC)C1c1ccccc1OC(C)C. The Morgan fingerprint density at radius 2 is 1.38 bits per heavy atom. The van der Waals surface area contributed by atoms with Gasteiger partial charge >= 0.3 is 11.9 Å². The largest absolute Gasteiger partial charge is 0.491 e. The highest BCUT2D eigenvalue weighted by molar-refractivity contribution is 5.98. The molecular formula is C28H35NO5. The first-order chi connectivity index (χ1) is 16.3. The van der Waals surface area contributed by atoms with E-state index in [2.05, 4.69) is 4.90 Å². The lowest BCUT2D eigenvalue weighted by atomic mass is 9.52. The Morgan fingerprint density at radius 1 is 0.882 bits per heavy atom. The Balaban J connectivity index is 1.63. The zero-order valence-corrected chi connectivity index (χ0v) is 20.6. The van der Waals surface area contributed by atoms with Crippen molar-refractivity contribution < 1.29 is 23.8 Å². The number of benzene rings is 1. The van der Waals surface area contributed by atoms with Crippen LogP contribution >= 0.6 is 0 Å². The van der Waals surface area contributed by atoms with Crippen LogP contribution in [0.1, 0.15) is 63.9 Å². The topological polar surface area (TPSA) is 65.1 Å². The first-order valence-corrected chi connectivity index (χ1v) is 12.5. The van der Waals surface area contributed by atoms with Crippen molar-refractivity contribution in [2.75, 3.05) is 14.2 Å². The number of esters is 2. The predicted molar refractivity (Wildman–Crippen MR) is 128 cm³/mol. The second kappa shape index (κ2) is 8.79. The highest BCUT2D eigenvalue weighted by atomic mass is 16.5. The van der Waals surface area contributed by atoms with E-state index in [0.29, 0.717) is 16.9 Å². The van der Waals surface area contributed by atoms with Crippen molar-refractivity contribution in [1.82, 2.24) is 4.90 Å². The standard InChI is InChI=1S/C28H35NO5/c1-17(2)34-24-8-6-5-7-21(24)25-22(26(30)32-3)15-29(16-23(25)27(31)33-4)28-12-18-9-19(13-28)11-20(10-18)14-28/h5-8,15-20,25H,9-14H2,1-4H3. The minimum atomic E-state index is -0.625. The molecule has 4 fully saturated rings. The van der Waals surface area contributed by atoms with Crippen LogP contribution in [0.15, 0.2) is 47.8 Å². The number of ether oxygens (including phenoxy) is 3. The maximum Gasteiger partial charge on any atom is 0.336 e. The van der Waals surface area contributed by atoms with E-state index in [4.69, 9.17) is 14.2 Å². The molecule has 0 amide bonds. The number of hydrogen-bond donors (Lipinski definition) is 0. The Bertz CT molecular complexity index is 970. The lowest BCUT2D eigenvalue weighted by Gasteiger charge is -2.60. The summed E-state index contributed by atoms with van der Waals surface area (Å²) in [4.78, 5) is 28.5. The van der Waals surface area contributed by atoms with Crippen molar-refractivity contribution in [2.45, 2.75) is 69.9 Å². The normalized spacial score (nSPS) is 30.1. The maximum atomic E-state index is 13.2. The number of carbonyl (C=O) groups is 2. The van der Waals surface area contributed by atoms with E-state index >= 15 is 0 Å². The van der Waals surface area contributed by atoms with Gasteiger partial charge in [-0.25, -0.2) is 9.59 Å². The van der Waals surface area contributed by atoms with E-state index in [1.807, 2.05) is 50.5 Å². The van der Waals surface area contributed by atoms with Crippen molar-refractivity contribution in [2.24, 2.45) is 17.8 Å². The molecule has 1 aromatic carbocycles. The molecule has 0 aromatic heterocycles. The van der Waals surface area contributed by atoms with Crippen molar-refractivity contribution >= 4 is 11.9 Å². The summed E-state index contributed by atoms with van der Waals surface area (Å²) in [5, 5.41) is 0. The van der Waals surface area contributed by atoms with Gasteiger partial charge in [0.1, 0.15) is 5.75 Å². The van der Waals surface area contributed by atoms with Crippen LogP contribution in [-0.2, 0) is 19.1 Å². The average Bonchev–Trinajstić information content (AvgIpc) is 2.81. The van der Waals surface area contributed by atoms with Crippen molar-refractivity contribution in [3.8, 4) is 5.75 Å². The fourth-order valence-corrected chi connectivity index (χ4v) is 7.30. The van der Waals surface area contributed by atoms with Gasteiger partial charge in [0.05, 0.1) is 37.4 Å². The molecule has 4 aliphatic carbocycles. The van der Waals surface area contributed by atoms with E-state index in [-0.39, 0.29) is 11.6 Å². The van der Waals surface area contributed by atoms with Gasteiger partial charge in [0.2, 0.25) is 0 Å². The fraction of sp³-hybridized carbons (Fsp3) is 0.571. The highest BCUT2D eigenvalue weighted by Crippen LogP contribution is 2.59. The van der Waals surface area contributed by atoms with Crippen molar-refractivity contribution in [1.29, 1.82) is 0 Å². The van der Waals surface area contributed by atoms with Crippen LogP contribution in [-0.4, -0.2) is 42.7 Å². The summed E-state index contributed by atoms with van der Waals surface area (Å²) in [6, 6.07) is 7.59. The van der Waals surface area contributed by atoms with Crippen molar-refractivity contribution in [3.05, 3.63) is 53.4 Å². The van der Waals surface area contributed by atoms with Gasteiger partial charge in [0.15, 0.2) is 0 Å². The smallest absolute Gasteiger partial charge is 0.336 e. The summed E-state index contributed by atoms with van der Waals surface area (Å²) in [5.74, 6) is 1.34. The van der Waals surface area contributed by atoms with Gasteiger partial charge in [0, 0.05) is 23.5 Å².